The van der Waals surface area contributed by atoms with Gasteiger partial charge in [0.2, 0.25) is 0 Å². The van der Waals surface area contributed by atoms with Gasteiger partial charge in [-0.3, -0.25) is 9.59 Å². The molecule has 156 valence electrons. The van der Waals surface area contributed by atoms with Crippen LogP contribution in [0.3, 0.4) is 0 Å². The van der Waals surface area contributed by atoms with Crippen LogP contribution in [0.25, 0.3) is 21.9 Å². The van der Waals surface area contributed by atoms with E-state index >= 15 is 0 Å². The molecular formula is C24H24FNO4. The van der Waals surface area contributed by atoms with Crippen molar-refractivity contribution in [2.75, 3.05) is 0 Å². The summed E-state index contributed by atoms with van der Waals surface area (Å²) in [6.45, 7) is 5.68. The highest BCUT2D eigenvalue weighted by Crippen LogP contribution is 2.43. The highest BCUT2D eigenvalue weighted by molar-refractivity contribution is 5.98. The third-order valence-corrected chi connectivity index (χ3v) is 6.06. The Balaban J connectivity index is 2.07. The Morgan fingerprint density at radius 2 is 1.83 bits per heavy atom. The zero-order chi connectivity index (χ0) is 21.7. The third-order valence-electron chi connectivity index (χ3n) is 6.06. The minimum Gasteiger partial charge on any atom is -0.508 e. The molecule has 6 heteroatoms. The number of phenolic OH excluding ortho intramolecular Hbond substituents is 1. The number of phenols is 1. The number of carboxylic acid groups (broad SMARTS) is 1. The fraction of sp³-hybridized carbons (Fsp3) is 0.333. The summed E-state index contributed by atoms with van der Waals surface area (Å²) in [5.74, 6) is -1.65. The molecule has 0 saturated heterocycles. The van der Waals surface area contributed by atoms with E-state index in [4.69, 9.17) is 0 Å². The van der Waals surface area contributed by atoms with Crippen LogP contribution in [-0.4, -0.2) is 20.7 Å². The number of fused-ring (bicyclic) bond motifs is 1. The predicted molar refractivity (Wildman–Crippen MR) is 113 cm³/mol. The van der Waals surface area contributed by atoms with Crippen molar-refractivity contribution in [2.45, 2.75) is 45.6 Å². The largest absolute Gasteiger partial charge is 0.508 e. The smallest absolute Gasteiger partial charge is 0.306 e. The van der Waals surface area contributed by atoms with Crippen LogP contribution in [0.1, 0.15) is 49.9 Å². The van der Waals surface area contributed by atoms with Crippen LogP contribution in [0.4, 0.5) is 4.39 Å². The number of pyridine rings is 1. The Morgan fingerprint density at radius 3 is 2.43 bits per heavy atom. The van der Waals surface area contributed by atoms with Gasteiger partial charge in [-0.2, -0.15) is 0 Å². The highest BCUT2D eigenvalue weighted by atomic mass is 19.1. The fourth-order valence-electron chi connectivity index (χ4n) is 4.46. The molecule has 0 amide bonds. The summed E-state index contributed by atoms with van der Waals surface area (Å²) in [5, 5.41) is 20.4. The van der Waals surface area contributed by atoms with Crippen molar-refractivity contribution in [3.05, 3.63) is 63.8 Å². The number of rotatable bonds is 4. The van der Waals surface area contributed by atoms with Crippen LogP contribution in [0.2, 0.25) is 0 Å². The number of aromatic nitrogens is 1. The van der Waals surface area contributed by atoms with Crippen molar-refractivity contribution in [3.63, 3.8) is 0 Å². The van der Waals surface area contributed by atoms with Crippen LogP contribution in [0, 0.1) is 18.7 Å². The summed E-state index contributed by atoms with van der Waals surface area (Å²) in [6.07, 6.45) is 0.780. The molecule has 1 heterocycles. The molecule has 1 aromatic heterocycles. The second-order valence-electron chi connectivity index (χ2n) is 8.44. The lowest BCUT2D eigenvalue weighted by Crippen LogP contribution is -2.39. The van der Waals surface area contributed by atoms with Crippen molar-refractivity contribution < 1.29 is 19.4 Å². The quantitative estimate of drug-likeness (QED) is 0.637. The van der Waals surface area contributed by atoms with Gasteiger partial charge in [-0.1, -0.05) is 19.9 Å². The molecule has 1 fully saturated rings. The summed E-state index contributed by atoms with van der Waals surface area (Å²) >= 11 is 0. The van der Waals surface area contributed by atoms with Gasteiger partial charge < -0.3 is 14.8 Å². The van der Waals surface area contributed by atoms with E-state index in [1.54, 1.807) is 35.8 Å². The highest BCUT2D eigenvalue weighted by Gasteiger charge is 2.38. The molecule has 5 nitrogen and oxygen atoms in total. The standard InChI is InChI=1S/C24H24FNO4/c1-12(2)22-21(14-4-7-20(25)13(3)8-14)18-6-5-17(27)11-19(18)23(28)26(22)16-9-15(10-16)24(29)30/h4-8,11-12,15-16,27H,9-10H2,1-3H3,(H,29,30)/t15-,16-. The summed E-state index contributed by atoms with van der Waals surface area (Å²) in [7, 11) is 0. The molecule has 0 atom stereocenters. The van der Waals surface area contributed by atoms with Crippen LogP contribution < -0.4 is 5.56 Å². The Hall–Kier alpha value is -3.15. The lowest BCUT2D eigenvalue weighted by atomic mass is 9.79. The second-order valence-corrected chi connectivity index (χ2v) is 8.44. The van der Waals surface area contributed by atoms with Crippen molar-refractivity contribution in [2.24, 2.45) is 5.92 Å². The second kappa shape index (κ2) is 7.27. The number of halogens is 1. The van der Waals surface area contributed by atoms with E-state index in [-0.39, 0.29) is 29.1 Å². The zero-order valence-electron chi connectivity index (χ0n) is 17.1. The Labute approximate surface area is 173 Å². The molecule has 30 heavy (non-hydrogen) atoms. The van der Waals surface area contributed by atoms with E-state index in [0.717, 1.165) is 16.8 Å². The Morgan fingerprint density at radius 1 is 1.13 bits per heavy atom. The van der Waals surface area contributed by atoms with E-state index < -0.39 is 11.9 Å². The summed E-state index contributed by atoms with van der Waals surface area (Å²) < 4.78 is 15.7. The normalized spacial score (nSPS) is 18.6. The average Bonchev–Trinajstić information content (AvgIpc) is 2.64. The number of nitrogens with zero attached hydrogens (tertiary/aromatic N) is 1. The number of carbonyl (C=O) groups is 1. The van der Waals surface area contributed by atoms with E-state index in [9.17, 15) is 24.2 Å². The molecule has 0 spiro atoms. The zero-order valence-corrected chi connectivity index (χ0v) is 17.1. The monoisotopic (exact) mass is 409 g/mol. The topological polar surface area (TPSA) is 79.5 Å². The van der Waals surface area contributed by atoms with E-state index in [2.05, 4.69) is 0 Å². The number of aliphatic carboxylic acids is 1. The molecule has 1 saturated carbocycles. The molecule has 0 bridgehead atoms. The van der Waals surface area contributed by atoms with Crippen LogP contribution in [-0.2, 0) is 4.79 Å². The molecule has 4 rings (SSSR count). The molecule has 0 radical (unpaired) electrons. The number of hydrogen-bond donors (Lipinski definition) is 2. The molecular weight excluding hydrogens is 385 g/mol. The average molecular weight is 409 g/mol. The van der Waals surface area contributed by atoms with Crippen molar-refractivity contribution in [1.29, 1.82) is 0 Å². The van der Waals surface area contributed by atoms with Gasteiger partial charge in [0.25, 0.3) is 5.56 Å². The number of benzene rings is 2. The van der Waals surface area contributed by atoms with Crippen molar-refractivity contribution in [3.8, 4) is 16.9 Å². The van der Waals surface area contributed by atoms with Crippen molar-refractivity contribution in [1.82, 2.24) is 4.57 Å². The Kier molecular flexibility index (Phi) is 4.88. The maximum Gasteiger partial charge on any atom is 0.306 e. The number of hydrogen-bond acceptors (Lipinski definition) is 3. The Bertz CT molecular complexity index is 1220. The molecule has 2 aromatic carbocycles. The maximum atomic E-state index is 14.0. The summed E-state index contributed by atoms with van der Waals surface area (Å²) in [5.41, 5.74) is 2.68. The van der Waals surface area contributed by atoms with Gasteiger partial charge >= 0.3 is 5.97 Å². The van der Waals surface area contributed by atoms with E-state index in [1.807, 2.05) is 13.8 Å². The molecule has 0 unspecified atom stereocenters. The molecule has 1 aliphatic carbocycles. The van der Waals surface area contributed by atoms with Gasteiger partial charge in [0.15, 0.2) is 0 Å². The number of aryl methyl sites for hydroxylation is 1. The predicted octanol–water partition coefficient (Wildman–Crippen LogP) is 4.98. The molecule has 3 aromatic rings. The van der Waals surface area contributed by atoms with Gasteiger partial charge in [-0.05, 0) is 72.5 Å². The van der Waals surface area contributed by atoms with Crippen LogP contribution in [0.15, 0.2) is 41.2 Å². The van der Waals surface area contributed by atoms with Gasteiger partial charge in [-0.15, -0.1) is 0 Å². The minimum absolute atomic E-state index is 0.0123. The molecule has 0 aliphatic heterocycles. The lowest BCUT2D eigenvalue weighted by Gasteiger charge is -2.37. The SMILES string of the molecule is Cc1cc(-c2c(C(C)C)n([C@H]3C[C@H](C(=O)O)C3)c(=O)c3cc(O)ccc23)ccc1F. The first kappa shape index (κ1) is 20.1. The van der Waals surface area contributed by atoms with Gasteiger partial charge in [0, 0.05) is 17.3 Å². The summed E-state index contributed by atoms with van der Waals surface area (Å²) in [4.78, 5) is 24.8. The molecule has 1 aliphatic rings. The third kappa shape index (κ3) is 3.16. The first-order valence-electron chi connectivity index (χ1n) is 10.1. The van der Waals surface area contributed by atoms with Gasteiger partial charge in [0.1, 0.15) is 11.6 Å². The van der Waals surface area contributed by atoms with Crippen LogP contribution in [0.5, 0.6) is 5.75 Å². The minimum atomic E-state index is -0.849. The number of carboxylic acids is 1. The van der Waals surface area contributed by atoms with E-state index in [1.165, 1.54) is 12.1 Å². The number of aromatic hydroxyl groups is 1. The van der Waals surface area contributed by atoms with Gasteiger partial charge in [-0.25, -0.2) is 4.39 Å². The fourth-order valence-corrected chi connectivity index (χ4v) is 4.46. The first-order chi connectivity index (χ1) is 14.2. The lowest BCUT2D eigenvalue weighted by molar-refractivity contribution is -0.146. The molecule has 2 N–H and O–H groups in total. The van der Waals surface area contributed by atoms with Gasteiger partial charge in [0.05, 0.1) is 11.3 Å². The first-order valence-corrected chi connectivity index (χ1v) is 10.1. The van der Waals surface area contributed by atoms with Crippen molar-refractivity contribution >= 4 is 16.7 Å². The van der Waals surface area contributed by atoms with E-state index in [0.29, 0.717) is 29.2 Å². The van der Waals surface area contributed by atoms with Crippen LogP contribution >= 0.6 is 0 Å². The maximum absolute atomic E-state index is 14.0. The summed E-state index contributed by atoms with van der Waals surface area (Å²) in [6, 6.07) is 9.37.